The topological polar surface area (TPSA) is 44.5 Å². The van der Waals surface area contributed by atoms with Crippen LogP contribution in [0.5, 0.6) is 11.5 Å². The summed E-state index contributed by atoms with van der Waals surface area (Å²) in [7, 11) is 0. The summed E-state index contributed by atoms with van der Waals surface area (Å²) >= 11 is 0. The standard InChI is InChI=1S/C15H10FNO3/c16-10-4-2-1-3-9(10)15-17-11-7-13-14(8-12(11)20-15)19-6-5-18-13/h1-4,7-8H,5-6H2. The predicted molar refractivity (Wildman–Crippen MR) is 70.4 cm³/mol. The summed E-state index contributed by atoms with van der Waals surface area (Å²) in [5.74, 6) is 1.15. The van der Waals surface area contributed by atoms with Crippen molar-refractivity contribution >= 4 is 11.1 Å². The number of aromatic nitrogens is 1. The van der Waals surface area contributed by atoms with Gasteiger partial charge in [-0.1, -0.05) is 12.1 Å². The van der Waals surface area contributed by atoms with Crippen LogP contribution in [0.25, 0.3) is 22.6 Å². The zero-order valence-corrected chi connectivity index (χ0v) is 10.4. The molecule has 4 nitrogen and oxygen atoms in total. The molecule has 1 aromatic heterocycles. The molecule has 1 aliphatic rings. The van der Waals surface area contributed by atoms with Crippen LogP contribution in [0.2, 0.25) is 0 Å². The van der Waals surface area contributed by atoms with Crippen LogP contribution in [-0.4, -0.2) is 18.2 Å². The van der Waals surface area contributed by atoms with Crippen LogP contribution in [0.4, 0.5) is 4.39 Å². The van der Waals surface area contributed by atoms with Crippen molar-refractivity contribution in [3.63, 3.8) is 0 Å². The average molecular weight is 271 g/mol. The highest BCUT2D eigenvalue weighted by Gasteiger charge is 2.17. The molecular formula is C15H10FNO3. The number of hydrogen-bond acceptors (Lipinski definition) is 4. The molecule has 0 atom stereocenters. The van der Waals surface area contributed by atoms with Gasteiger partial charge in [0.2, 0.25) is 5.89 Å². The Hall–Kier alpha value is -2.56. The second kappa shape index (κ2) is 4.23. The van der Waals surface area contributed by atoms with Gasteiger partial charge in [0.1, 0.15) is 24.5 Å². The molecule has 0 radical (unpaired) electrons. The van der Waals surface area contributed by atoms with Crippen molar-refractivity contribution in [3.05, 3.63) is 42.2 Å². The van der Waals surface area contributed by atoms with Crippen molar-refractivity contribution < 1.29 is 18.3 Å². The Morgan fingerprint density at radius 2 is 1.75 bits per heavy atom. The van der Waals surface area contributed by atoms with Crippen LogP contribution in [0.1, 0.15) is 0 Å². The largest absolute Gasteiger partial charge is 0.486 e. The summed E-state index contributed by atoms with van der Waals surface area (Å²) in [6.07, 6.45) is 0. The van der Waals surface area contributed by atoms with Crippen molar-refractivity contribution in [2.75, 3.05) is 13.2 Å². The number of oxazole rings is 1. The molecule has 1 aliphatic heterocycles. The van der Waals surface area contributed by atoms with Crippen molar-refractivity contribution in [1.29, 1.82) is 0 Å². The van der Waals surface area contributed by atoms with E-state index in [1.54, 1.807) is 30.3 Å². The first-order valence-corrected chi connectivity index (χ1v) is 6.26. The van der Waals surface area contributed by atoms with Crippen LogP contribution in [0.3, 0.4) is 0 Å². The average Bonchev–Trinajstić information content (AvgIpc) is 2.87. The number of rotatable bonds is 1. The van der Waals surface area contributed by atoms with E-state index < -0.39 is 0 Å². The van der Waals surface area contributed by atoms with E-state index in [-0.39, 0.29) is 11.7 Å². The van der Waals surface area contributed by atoms with Crippen molar-refractivity contribution in [2.45, 2.75) is 0 Å². The number of nitrogens with zero attached hydrogens (tertiary/aromatic N) is 1. The molecule has 0 saturated heterocycles. The van der Waals surface area contributed by atoms with Crippen LogP contribution < -0.4 is 9.47 Å². The van der Waals surface area contributed by atoms with E-state index in [2.05, 4.69) is 4.98 Å². The van der Waals surface area contributed by atoms with E-state index in [1.165, 1.54) is 6.07 Å². The number of ether oxygens (including phenoxy) is 2. The van der Waals surface area contributed by atoms with Gasteiger partial charge in [0.05, 0.1) is 5.56 Å². The van der Waals surface area contributed by atoms with Crippen LogP contribution in [0, 0.1) is 5.82 Å². The first-order valence-electron chi connectivity index (χ1n) is 6.26. The summed E-state index contributed by atoms with van der Waals surface area (Å²) in [5.41, 5.74) is 1.50. The summed E-state index contributed by atoms with van der Waals surface area (Å²) in [4.78, 5) is 4.31. The van der Waals surface area contributed by atoms with Gasteiger partial charge in [-0.05, 0) is 12.1 Å². The lowest BCUT2D eigenvalue weighted by Gasteiger charge is -2.17. The summed E-state index contributed by atoms with van der Waals surface area (Å²) in [6, 6.07) is 9.85. The van der Waals surface area contributed by atoms with Crippen LogP contribution in [0.15, 0.2) is 40.8 Å². The molecule has 0 bridgehead atoms. The summed E-state index contributed by atoms with van der Waals surface area (Å²) in [6.45, 7) is 1.02. The van der Waals surface area contributed by atoms with E-state index in [4.69, 9.17) is 13.9 Å². The van der Waals surface area contributed by atoms with Crippen molar-refractivity contribution in [3.8, 4) is 23.0 Å². The van der Waals surface area contributed by atoms with Crippen LogP contribution >= 0.6 is 0 Å². The summed E-state index contributed by atoms with van der Waals surface area (Å²) < 4.78 is 30.3. The molecule has 5 heteroatoms. The highest BCUT2D eigenvalue weighted by Crippen LogP contribution is 2.36. The molecule has 0 N–H and O–H groups in total. The first kappa shape index (κ1) is 11.3. The van der Waals surface area contributed by atoms with Crippen molar-refractivity contribution in [1.82, 2.24) is 4.98 Å². The quantitative estimate of drug-likeness (QED) is 0.680. The highest BCUT2D eigenvalue weighted by molar-refractivity contribution is 5.80. The number of benzene rings is 2. The molecule has 0 saturated carbocycles. The fraction of sp³-hybridized carbons (Fsp3) is 0.133. The zero-order valence-electron chi connectivity index (χ0n) is 10.4. The molecular weight excluding hydrogens is 261 g/mol. The molecule has 0 aliphatic carbocycles. The Morgan fingerprint density at radius 3 is 2.55 bits per heavy atom. The molecule has 0 unspecified atom stereocenters. The maximum absolute atomic E-state index is 13.8. The maximum Gasteiger partial charge on any atom is 0.230 e. The third-order valence-corrected chi connectivity index (χ3v) is 3.16. The lowest BCUT2D eigenvalue weighted by atomic mass is 10.2. The lowest BCUT2D eigenvalue weighted by Crippen LogP contribution is -2.15. The van der Waals surface area contributed by atoms with Gasteiger partial charge in [0.15, 0.2) is 17.1 Å². The molecule has 0 amide bonds. The van der Waals surface area contributed by atoms with Gasteiger partial charge in [0, 0.05) is 12.1 Å². The molecule has 20 heavy (non-hydrogen) atoms. The van der Waals surface area contributed by atoms with Gasteiger partial charge in [-0.2, -0.15) is 0 Å². The monoisotopic (exact) mass is 271 g/mol. The highest BCUT2D eigenvalue weighted by atomic mass is 19.1. The van der Waals surface area contributed by atoms with Gasteiger partial charge in [-0.15, -0.1) is 0 Å². The summed E-state index contributed by atoms with van der Waals surface area (Å²) in [5, 5.41) is 0. The van der Waals surface area contributed by atoms with E-state index in [9.17, 15) is 4.39 Å². The fourth-order valence-electron chi connectivity index (χ4n) is 2.21. The Bertz CT molecular complexity index is 754. The second-order valence-corrected chi connectivity index (χ2v) is 4.46. The van der Waals surface area contributed by atoms with E-state index in [0.29, 0.717) is 41.4 Å². The molecule has 3 aromatic rings. The van der Waals surface area contributed by atoms with Crippen LogP contribution in [-0.2, 0) is 0 Å². The predicted octanol–water partition coefficient (Wildman–Crippen LogP) is 3.41. The number of hydrogen-bond donors (Lipinski definition) is 0. The second-order valence-electron chi connectivity index (χ2n) is 4.46. The van der Waals surface area contributed by atoms with Crippen molar-refractivity contribution in [2.24, 2.45) is 0 Å². The molecule has 0 spiro atoms. The fourth-order valence-corrected chi connectivity index (χ4v) is 2.21. The third-order valence-electron chi connectivity index (χ3n) is 3.16. The van der Waals surface area contributed by atoms with Gasteiger partial charge in [-0.3, -0.25) is 0 Å². The van der Waals surface area contributed by atoms with E-state index in [1.807, 2.05) is 0 Å². The Balaban J connectivity index is 1.89. The smallest absolute Gasteiger partial charge is 0.230 e. The minimum absolute atomic E-state index is 0.250. The first-order chi connectivity index (χ1) is 9.81. The Morgan fingerprint density at radius 1 is 1.00 bits per heavy atom. The minimum Gasteiger partial charge on any atom is -0.486 e. The zero-order chi connectivity index (χ0) is 13.5. The number of halogens is 1. The molecule has 100 valence electrons. The SMILES string of the molecule is Fc1ccccc1-c1nc2cc3c(cc2o1)OCCO3. The number of fused-ring (bicyclic) bond motifs is 2. The van der Waals surface area contributed by atoms with Gasteiger partial charge >= 0.3 is 0 Å². The normalized spacial score (nSPS) is 13.7. The third kappa shape index (κ3) is 1.71. The minimum atomic E-state index is -0.365. The molecule has 0 fully saturated rings. The van der Waals surface area contributed by atoms with E-state index >= 15 is 0 Å². The molecule has 2 heterocycles. The molecule has 4 rings (SSSR count). The van der Waals surface area contributed by atoms with Gasteiger partial charge in [0.25, 0.3) is 0 Å². The van der Waals surface area contributed by atoms with Gasteiger partial charge in [-0.25, -0.2) is 9.37 Å². The lowest BCUT2D eigenvalue weighted by molar-refractivity contribution is 0.172. The van der Waals surface area contributed by atoms with Gasteiger partial charge < -0.3 is 13.9 Å². The Labute approximate surface area is 113 Å². The molecule has 2 aromatic carbocycles. The van der Waals surface area contributed by atoms with E-state index in [0.717, 1.165) is 0 Å². The Kier molecular flexibility index (Phi) is 2.39. The maximum atomic E-state index is 13.8.